The first-order valence-corrected chi connectivity index (χ1v) is 7.80. The molecule has 0 atom stereocenters. The Hall–Kier alpha value is -0.920. The molecule has 0 amide bonds. The fourth-order valence-electron chi connectivity index (χ4n) is 2.19. The summed E-state index contributed by atoms with van der Waals surface area (Å²) in [4.78, 5) is 0. The van der Waals surface area contributed by atoms with Gasteiger partial charge in [-0.1, -0.05) is 0 Å². The molecule has 7 heteroatoms. The summed E-state index contributed by atoms with van der Waals surface area (Å²) >= 11 is 0. The van der Waals surface area contributed by atoms with Crippen molar-refractivity contribution < 1.29 is 8.42 Å². The minimum absolute atomic E-state index is 0.245. The third-order valence-corrected chi connectivity index (χ3v) is 5.29. The Morgan fingerprint density at radius 1 is 1.50 bits per heavy atom. The highest BCUT2D eigenvalue weighted by atomic mass is 32.2. The van der Waals surface area contributed by atoms with Crippen molar-refractivity contribution in [3.05, 3.63) is 18.0 Å². The molecule has 6 nitrogen and oxygen atoms in total. The van der Waals surface area contributed by atoms with E-state index in [2.05, 4.69) is 15.1 Å². The molecule has 0 bridgehead atoms. The molecule has 1 aliphatic rings. The lowest BCUT2D eigenvalue weighted by Gasteiger charge is -2.22. The molecule has 0 aromatic carbocycles. The van der Waals surface area contributed by atoms with Gasteiger partial charge in [0.1, 0.15) is 0 Å². The zero-order chi connectivity index (χ0) is 13.0. The third kappa shape index (κ3) is 3.30. The predicted molar refractivity (Wildman–Crippen MR) is 69.7 cm³/mol. The Labute approximate surface area is 108 Å². The molecule has 2 N–H and O–H groups in total. The minimum Gasteiger partial charge on any atom is -0.317 e. The third-order valence-electron chi connectivity index (χ3n) is 3.33. The number of hydrogen-bond donors (Lipinski definition) is 2. The summed E-state index contributed by atoms with van der Waals surface area (Å²) in [6.07, 6.45) is 3.78. The van der Waals surface area contributed by atoms with Gasteiger partial charge >= 0.3 is 0 Å². The molecular formula is C11H20N4O2S. The van der Waals surface area contributed by atoms with Gasteiger partial charge in [-0.15, -0.1) is 0 Å². The van der Waals surface area contributed by atoms with Crippen molar-refractivity contribution in [2.75, 3.05) is 19.6 Å². The first kappa shape index (κ1) is 13.5. The highest BCUT2D eigenvalue weighted by Gasteiger charge is 2.26. The largest absolute Gasteiger partial charge is 0.317 e. The van der Waals surface area contributed by atoms with Crippen LogP contribution in [-0.4, -0.2) is 43.1 Å². The highest BCUT2D eigenvalue weighted by molar-refractivity contribution is 7.90. The molecule has 18 heavy (non-hydrogen) atoms. The normalized spacial score (nSPS) is 18.1. The van der Waals surface area contributed by atoms with Crippen molar-refractivity contribution in [1.82, 2.24) is 19.8 Å². The predicted octanol–water partition coefficient (Wildman–Crippen LogP) is -0.366. The van der Waals surface area contributed by atoms with Gasteiger partial charge in [-0.05, 0) is 32.0 Å². The first-order valence-electron chi connectivity index (χ1n) is 6.25. The van der Waals surface area contributed by atoms with E-state index < -0.39 is 10.0 Å². The second-order valence-electron chi connectivity index (χ2n) is 4.58. The molecule has 0 saturated carbocycles. The van der Waals surface area contributed by atoms with Gasteiger partial charge in [0, 0.05) is 31.9 Å². The van der Waals surface area contributed by atoms with Crippen molar-refractivity contribution in [2.24, 2.45) is 7.05 Å². The van der Waals surface area contributed by atoms with E-state index in [1.807, 2.05) is 13.1 Å². The number of nitrogens with one attached hydrogen (secondary N) is 2. The highest BCUT2D eigenvalue weighted by Crippen LogP contribution is 2.11. The van der Waals surface area contributed by atoms with E-state index in [4.69, 9.17) is 0 Å². The second kappa shape index (κ2) is 5.81. The maximum absolute atomic E-state index is 12.0. The lowest BCUT2D eigenvalue weighted by atomic mass is 10.2. The van der Waals surface area contributed by atoms with Gasteiger partial charge in [0.25, 0.3) is 0 Å². The molecule has 0 unspecified atom stereocenters. The Morgan fingerprint density at radius 2 is 2.22 bits per heavy atom. The molecule has 102 valence electrons. The van der Waals surface area contributed by atoms with E-state index in [9.17, 15) is 8.42 Å². The molecule has 1 aromatic heterocycles. The number of sulfonamides is 1. The van der Waals surface area contributed by atoms with Crippen molar-refractivity contribution in [3.63, 3.8) is 0 Å². The van der Waals surface area contributed by atoms with Crippen LogP contribution in [-0.2, 0) is 23.5 Å². The Morgan fingerprint density at radius 3 is 2.83 bits per heavy atom. The first-order chi connectivity index (χ1) is 8.59. The fraction of sp³-hybridized carbons (Fsp3) is 0.727. The average Bonchev–Trinajstić information content (AvgIpc) is 2.76. The van der Waals surface area contributed by atoms with Crippen molar-refractivity contribution in [2.45, 2.75) is 24.5 Å². The molecule has 0 radical (unpaired) electrons. The number of piperidine rings is 1. The SMILES string of the molecule is Cn1nccc1CCNS(=O)(=O)C1CCNCC1. The van der Waals surface area contributed by atoms with E-state index in [0.717, 1.165) is 18.8 Å². The van der Waals surface area contributed by atoms with E-state index in [0.29, 0.717) is 25.8 Å². The lowest BCUT2D eigenvalue weighted by molar-refractivity contribution is 0.489. The number of aromatic nitrogens is 2. The van der Waals surface area contributed by atoms with Gasteiger partial charge in [-0.25, -0.2) is 13.1 Å². The van der Waals surface area contributed by atoms with Gasteiger partial charge in [0.05, 0.1) is 5.25 Å². The monoisotopic (exact) mass is 272 g/mol. The molecular weight excluding hydrogens is 252 g/mol. The number of nitrogens with zero attached hydrogens (tertiary/aromatic N) is 2. The van der Waals surface area contributed by atoms with Crippen LogP contribution in [0, 0.1) is 0 Å². The summed E-state index contributed by atoms with van der Waals surface area (Å²) in [5.74, 6) is 0. The van der Waals surface area contributed by atoms with Gasteiger partial charge in [0.2, 0.25) is 10.0 Å². The lowest BCUT2D eigenvalue weighted by Crippen LogP contribution is -2.42. The molecule has 1 aliphatic heterocycles. The molecule has 1 saturated heterocycles. The van der Waals surface area contributed by atoms with Crippen LogP contribution in [0.5, 0.6) is 0 Å². The Balaban J connectivity index is 1.83. The Bertz CT molecular complexity index is 477. The number of aryl methyl sites for hydroxylation is 1. The van der Waals surface area contributed by atoms with Crippen LogP contribution in [0.1, 0.15) is 18.5 Å². The van der Waals surface area contributed by atoms with E-state index >= 15 is 0 Å². The molecule has 1 fully saturated rings. The molecule has 2 rings (SSSR count). The summed E-state index contributed by atoms with van der Waals surface area (Å²) in [6.45, 7) is 2.01. The van der Waals surface area contributed by atoms with Crippen LogP contribution < -0.4 is 10.0 Å². The van der Waals surface area contributed by atoms with Gasteiger partial charge in [0.15, 0.2) is 0 Å². The second-order valence-corrected chi connectivity index (χ2v) is 6.63. The zero-order valence-electron chi connectivity index (χ0n) is 10.6. The van der Waals surface area contributed by atoms with Crippen molar-refractivity contribution in [1.29, 1.82) is 0 Å². The summed E-state index contributed by atoms with van der Waals surface area (Å²) in [7, 11) is -1.31. The maximum atomic E-state index is 12.0. The fourth-order valence-corrected chi connectivity index (χ4v) is 3.67. The summed E-state index contributed by atoms with van der Waals surface area (Å²) in [5.41, 5.74) is 1.03. The van der Waals surface area contributed by atoms with E-state index in [1.54, 1.807) is 10.9 Å². The van der Waals surface area contributed by atoms with Crippen molar-refractivity contribution in [3.8, 4) is 0 Å². The minimum atomic E-state index is -3.17. The molecule has 0 aliphatic carbocycles. The number of rotatable bonds is 5. The van der Waals surface area contributed by atoms with E-state index in [1.165, 1.54) is 0 Å². The standard InChI is InChI=1S/C11H20N4O2S/c1-15-10(2-8-13-15)3-9-14-18(16,17)11-4-6-12-7-5-11/h2,8,11-12,14H,3-7,9H2,1H3. The van der Waals surface area contributed by atoms with Crippen LogP contribution in [0.2, 0.25) is 0 Å². The number of hydrogen-bond acceptors (Lipinski definition) is 4. The van der Waals surface area contributed by atoms with Crippen LogP contribution >= 0.6 is 0 Å². The topological polar surface area (TPSA) is 76.0 Å². The molecule has 0 spiro atoms. The summed E-state index contributed by atoms with van der Waals surface area (Å²) in [6, 6.07) is 1.90. The van der Waals surface area contributed by atoms with E-state index in [-0.39, 0.29) is 5.25 Å². The summed E-state index contributed by atoms with van der Waals surface area (Å²) < 4.78 is 28.5. The van der Waals surface area contributed by atoms with Gasteiger partial charge < -0.3 is 5.32 Å². The Kier molecular flexibility index (Phi) is 4.36. The van der Waals surface area contributed by atoms with Crippen LogP contribution in [0.4, 0.5) is 0 Å². The smallest absolute Gasteiger partial charge is 0.214 e. The zero-order valence-corrected chi connectivity index (χ0v) is 11.4. The average molecular weight is 272 g/mol. The van der Waals surface area contributed by atoms with Crippen molar-refractivity contribution >= 4 is 10.0 Å². The maximum Gasteiger partial charge on any atom is 0.214 e. The van der Waals surface area contributed by atoms with Gasteiger partial charge in [-0.2, -0.15) is 5.10 Å². The molecule has 2 heterocycles. The van der Waals surface area contributed by atoms with Crippen LogP contribution in [0.25, 0.3) is 0 Å². The summed E-state index contributed by atoms with van der Waals surface area (Å²) in [5, 5.41) is 6.98. The van der Waals surface area contributed by atoms with Crippen LogP contribution in [0.3, 0.4) is 0 Å². The quantitative estimate of drug-likeness (QED) is 0.767. The van der Waals surface area contributed by atoms with Gasteiger partial charge in [-0.3, -0.25) is 4.68 Å². The van der Waals surface area contributed by atoms with Crippen LogP contribution in [0.15, 0.2) is 12.3 Å². The molecule has 1 aromatic rings.